The Morgan fingerprint density at radius 2 is 2.03 bits per heavy atom. The lowest BCUT2D eigenvalue weighted by Gasteiger charge is -2.15. The summed E-state index contributed by atoms with van der Waals surface area (Å²) < 4.78 is 11.0. The van der Waals surface area contributed by atoms with Gasteiger partial charge in [0.15, 0.2) is 0 Å². The topological polar surface area (TPSA) is 84.1 Å². The van der Waals surface area contributed by atoms with Gasteiger partial charge in [-0.1, -0.05) is 18.2 Å². The minimum atomic E-state index is -0.285. The van der Waals surface area contributed by atoms with Gasteiger partial charge in [-0.25, -0.2) is 4.79 Å². The van der Waals surface area contributed by atoms with Crippen molar-refractivity contribution >= 4 is 16.7 Å². The third-order valence-corrected chi connectivity index (χ3v) is 5.99. The molecule has 1 aromatic heterocycles. The molecule has 1 aliphatic carbocycles. The number of methoxy groups -OCH3 is 1. The van der Waals surface area contributed by atoms with Gasteiger partial charge in [-0.05, 0) is 49.4 Å². The lowest BCUT2D eigenvalue weighted by molar-refractivity contribution is 0.402. The molecule has 29 heavy (non-hydrogen) atoms. The summed E-state index contributed by atoms with van der Waals surface area (Å²) in [5.41, 5.74) is 8.32. The van der Waals surface area contributed by atoms with E-state index in [1.54, 1.807) is 7.11 Å². The van der Waals surface area contributed by atoms with E-state index < -0.39 is 0 Å². The normalized spacial score (nSPS) is 17.9. The molecule has 0 saturated heterocycles. The number of ether oxygens (including phenoxy) is 1. The van der Waals surface area contributed by atoms with Crippen molar-refractivity contribution in [1.29, 1.82) is 0 Å². The number of aryl methyl sites for hydroxylation is 2. The van der Waals surface area contributed by atoms with Crippen molar-refractivity contribution < 1.29 is 14.3 Å². The highest BCUT2D eigenvalue weighted by Gasteiger charge is 2.29. The van der Waals surface area contributed by atoms with Gasteiger partial charge < -0.3 is 19.7 Å². The molecule has 0 radical (unpaired) electrons. The smallest absolute Gasteiger partial charge is 0.339 e. The van der Waals surface area contributed by atoms with Gasteiger partial charge in [0.05, 0.1) is 24.2 Å². The highest BCUT2D eigenvalue weighted by molar-refractivity contribution is 6.09. The Hall–Kier alpha value is -3.28. The summed E-state index contributed by atoms with van der Waals surface area (Å²) in [5.74, 6) is 0.962. The van der Waals surface area contributed by atoms with Crippen LogP contribution in [0.3, 0.4) is 0 Å². The van der Waals surface area contributed by atoms with Crippen LogP contribution in [-0.2, 0) is 12.8 Å². The van der Waals surface area contributed by atoms with Gasteiger partial charge in [-0.2, -0.15) is 5.10 Å². The monoisotopic (exact) mass is 390 g/mol. The zero-order valence-corrected chi connectivity index (χ0v) is 16.4. The quantitative estimate of drug-likeness (QED) is 0.666. The van der Waals surface area contributed by atoms with Gasteiger partial charge in [0.25, 0.3) is 0 Å². The molecule has 0 bridgehead atoms. The summed E-state index contributed by atoms with van der Waals surface area (Å²) >= 11 is 0. The molecule has 2 heterocycles. The number of hydrogen-bond donors (Lipinski definition) is 2. The largest absolute Gasteiger partial charge is 0.506 e. The fraction of sp³-hybridized carbons (Fsp3) is 0.304. The van der Waals surface area contributed by atoms with Crippen LogP contribution in [0.25, 0.3) is 11.0 Å². The highest BCUT2D eigenvalue weighted by Crippen LogP contribution is 2.40. The second kappa shape index (κ2) is 6.65. The van der Waals surface area contributed by atoms with E-state index in [0.29, 0.717) is 34.9 Å². The Morgan fingerprint density at radius 1 is 1.24 bits per heavy atom. The molecule has 6 nitrogen and oxygen atoms in total. The molecule has 2 aromatic carbocycles. The first kappa shape index (κ1) is 17.8. The number of phenolic OH excluding ortho intramolecular Hbond substituents is 1. The molecule has 1 aliphatic heterocycles. The number of phenols is 1. The van der Waals surface area contributed by atoms with E-state index in [2.05, 4.69) is 10.5 Å². The van der Waals surface area contributed by atoms with Crippen molar-refractivity contribution in [2.24, 2.45) is 5.10 Å². The summed E-state index contributed by atoms with van der Waals surface area (Å²) in [6, 6.07) is 9.66. The van der Waals surface area contributed by atoms with Crippen molar-refractivity contribution in [3.05, 3.63) is 68.6 Å². The van der Waals surface area contributed by atoms with Gasteiger partial charge in [0.2, 0.25) is 0 Å². The maximum atomic E-state index is 12.3. The summed E-state index contributed by atoms with van der Waals surface area (Å²) in [4.78, 5) is 12.3. The van der Waals surface area contributed by atoms with Gasteiger partial charge in [-0.15, -0.1) is 0 Å². The average molecular weight is 390 g/mol. The molecule has 3 aromatic rings. The molecule has 148 valence electrons. The highest BCUT2D eigenvalue weighted by atomic mass is 16.5. The number of hydrazone groups is 1. The van der Waals surface area contributed by atoms with Gasteiger partial charge in [0.1, 0.15) is 17.1 Å². The number of nitrogens with zero attached hydrogens (tertiary/aromatic N) is 1. The van der Waals surface area contributed by atoms with Gasteiger partial charge in [0, 0.05) is 23.1 Å². The predicted octanol–water partition coefficient (Wildman–Crippen LogP) is 3.74. The van der Waals surface area contributed by atoms with Crippen LogP contribution in [-0.4, -0.2) is 17.9 Å². The average Bonchev–Trinajstić information content (AvgIpc) is 3.38. The Kier molecular flexibility index (Phi) is 4.08. The fourth-order valence-electron chi connectivity index (χ4n) is 4.64. The van der Waals surface area contributed by atoms with E-state index in [4.69, 9.17) is 9.15 Å². The lowest BCUT2D eigenvalue weighted by Crippen LogP contribution is -2.11. The van der Waals surface area contributed by atoms with Crippen LogP contribution in [0.4, 0.5) is 0 Å². The first-order valence-corrected chi connectivity index (χ1v) is 9.85. The molecule has 0 fully saturated rings. The van der Waals surface area contributed by atoms with E-state index in [0.717, 1.165) is 41.0 Å². The van der Waals surface area contributed by atoms with E-state index in [1.807, 2.05) is 37.3 Å². The zero-order chi connectivity index (χ0) is 20.1. The van der Waals surface area contributed by atoms with E-state index >= 15 is 0 Å². The van der Waals surface area contributed by atoms with Crippen LogP contribution in [0.15, 0.2) is 44.6 Å². The van der Waals surface area contributed by atoms with Crippen LogP contribution in [0.5, 0.6) is 11.5 Å². The van der Waals surface area contributed by atoms with Crippen molar-refractivity contribution in [1.82, 2.24) is 5.43 Å². The molecule has 0 saturated carbocycles. The molecule has 2 aliphatic rings. The number of fused-ring (bicyclic) bond motifs is 3. The number of benzene rings is 2. The third-order valence-electron chi connectivity index (χ3n) is 5.99. The van der Waals surface area contributed by atoms with Crippen molar-refractivity contribution in [2.75, 3.05) is 7.11 Å². The molecule has 2 N–H and O–H groups in total. The SMILES string of the molecule is COc1ccccc1[C@@H]1CC(c2c(C)cc3oc(=O)c4c(c3c2O)CCC4)=NN1. The molecular formula is C23H22N2O4. The Labute approximate surface area is 167 Å². The minimum Gasteiger partial charge on any atom is -0.506 e. The van der Waals surface area contributed by atoms with E-state index in [9.17, 15) is 9.90 Å². The Bertz CT molecular complexity index is 1230. The maximum Gasteiger partial charge on any atom is 0.339 e. The molecule has 5 rings (SSSR count). The Balaban J connectivity index is 1.60. The molecule has 0 amide bonds. The van der Waals surface area contributed by atoms with Crippen LogP contribution in [0.2, 0.25) is 0 Å². The summed E-state index contributed by atoms with van der Waals surface area (Å²) in [7, 11) is 1.66. The summed E-state index contributed by atoms with van der Waals surface area (Å²) in [6.45, 7) is 1.90. The molecule has 1 atom stereocenters. The van der Waals surface area contributed by atoms with Crippen LogP contribution >= 0.6 is 0 Å². The first-order valence-electron chi connectivity index (χ1n) is 9.85. The number of hydrogen-bond acceptors (Lipinski definition) is 6. The third kappa shape index (κ3) is 2.70. The Morgan fingerprint density at radius 3 is 2.86 bits per heavy atom. The lowest BCUT2D eigenvalue weighted by atomic mass is 9.92. The van der Waals surface area contributed by atoms with Crippen LogP contribution in [0, 0.1) is 6.92 Å². The number of aromatic hydroxyl groups is 1. The van der Waals surface area contributed by atoms with E-state index in [1.165, 1.54) is 0 Å². The summed E-state index contributed by atoms with van der Waals surface area (Å²) in [5, 5.41) is 16.4. The van der Waals surface area contributed by atoms with Crippen LogP contribution in [0.1, 0.15) is 46.7 Å². The van der Waals surface area contributed by atoms with Gasteiger partial charge >= 0.3 is 5.63 Å². The fourth-order valence-corrected chi connectivity index (χ4v) is 4.64. The second-order valence-electron chi connectivity index (χ2n) is 7.68. The van der Waals surface area contributed by atoms with Crippen molar-refractivity contribution in [3.63, 3.8) is 0 Å². The molecule has 0 unspecified atom stereocenters. The predicted molar refractivity (Wildman–Crippen MR) is 111 cm³/mol. The van der Waals surface area contributed by atoms with Crippen LogP contribution < -0.4 is 15.8 Å². The molecular weight excluding hydrogens is 368 g/mol. The number of para-hydroxylation sites is 1. The minimum absolute atomic E-state index is 0.0323. The maximum absolute atomic E-state index is 12.3. The first-order chi connectivity index (χ1) is 14.1. The summed E-state index contributed by atoms with van der Waals surface area (Å²) in [6.07, 6.45) is 3.01. The van der Waals surface area contributed by atoms with E-state index in [-0.39, 0.29) is 17.4 Å². The zero-order valence-electron chi connectivity index (χ0n) is 16.4. The number of nitrogens with one attached hydrogen (secondary N) is 1. The van der Waals surface area contributed by atoms with Crippen molar-refractivity contribution in [2.45, 2.75) is 38.6 Å². The molecule has 6 heteroatoms. The second-order valence-corrected chi connectivity index (χ2v) is 7.68. The number of rotatable bonds is 3. The molecule has 0 spiro atoms. The van der Waals surface area contributed by atoms with Crippen molar-refractivity contribution in [3.8, 4) is 11.5 Å². The standard InChI is InChI=1S/C23H22N2O4/c1-12-10-19-21(13-7-5-8-14(13)23(27)29-19)22(26)20(12)17-11-16(24-25-17)15-6-3-4-9-18(15)28-2/h3-4,6,9-10,16,24,26H,5,7-8,11H2,1-2H3/t16-/m0/s1. The van der Waals surface area contributed by atoms with Gasteiger partial charge in [-0.3, -0.25) is 0 Å².